The standard InChI is InChI=1S/C18H18N2O4/c1-12(21)13-6-8-15(9-7-13)19-11-17(22)20-16-5-3-4-14(10-16)18(23)24-2/h3-10,19H,11H2,1-2H3,(H,20,22). The van der Waals surface area contributed by atoms with Gasteiger partial charge in [-0.15, -0.1) is 0 Å². The molecule has 24 heavy (non-hydrogen) atoms. The van der Waals surface area contributed by atoms with Gasteiger partial charge in [0.05, 0.1) is 19.2 Å². The molecule has 0 bridgehead atoms. The number of hydrogen-bond acceptors (Lipinski definition) is 5. The van der Waals surface area contributed by atoms with Crippen LogP contribution in [0.1, 0.15) is 27.6 Å². The van der Waals surface area contributed by atoms with Crippen LogP contribution in [0.3, 0.4) is 0 Å². The molecular formula is C18H18N2O4. The Labute approximate surface area is 139 Å². The van der Waals surface area contributed by atoms with Crippen LogP contribution >= 0.6 is 0 Å². The quantitative estimate of drug-likeness (QED) is 0.630. The fourth-order valence-corrected chi connectivity index (χ4v) is 2.05. The van der Waals surface area contributed by atoms with Crippen LogP contribution in [0.5, 0.6) is 0 Å². The lowest BCUT2D eigenvalue weighted by atomic mass is 10.1. The van der Waals surface area contributed by atoms with Gasteiger partial charge in [-0.1, -0.05) is 6.07 Å². The zero-order chi connectivity index (χ0) is 17.5. The van der Waals surface area contributed by atoms with E-state index >= 15 is 0 Å². The Bertz CT molecular complexity index is 754. The average Bonchev–Trinajstić information content (AvgIpc) is 2.59. The highest BCUT2D eigenvalue weighted by Gasteiger charge is 2.08. The van der Waals surface area contributed by atoms with Crippen molar-refractivity contribution < 1.29 is 19.1 Å². The van der Waals surface area contributed by atoms with E-state index in [0.717, 1.165) is 5.69 Å². The minimum atomic E-state index is -0.463. The van der Waals surface area contributed by atoms with Gasteiger partial charge >= 0.3 is 5.97 Å². The van der Waals surface area contributed by atoms with E-state index in [2.05, 4.69) is 15.4 Å². The van der Waals surface area contributed by atoms with Crippen molar-refractivity contribution in [1.82, 2.24) is 0 Å². The van der Waals surface area contributed by atoms with Gasteiger partial charge in [-0.2, -0.15) is 0 Å². The van der Waals surface area contributed by atoms with Gasteiger partial charge in [-0.3, -0.25) is 9.59 Å². The number of carbonyl (C=O) groups excluding carboxylic acids is 3. The summed E-state index contributed by atoms with van der Waals surface area (Å²) in [5, 5.41) is 5.66. The molecule has 0 heterocycles. The molecule has 0 aliphatic heterocycles. The molecule has 6 nitrogen and oxygen atoms in total. The summed E-state index contributed by atoms with van der Waals surface area (Å²) in [6.07, 6.45) is 0. The summed E-state index contributed by atoms with van der Waals surface area (Å²) in [6, 6.07) is 13.4. The molecular weight excluding hydrogens is 308 g/mol. The summed E-state index contributed by atoms with van der Waals surface area (Å²) in [6.45, 7) is 1.56. The van der Waals surface area contributed by atoms with Gasteiger partial charge < -0.3 is 15.4 Å². The number of amides is 1. The van der Waals surface area contributed by atoms with Gasteiger partial charge in [-0.25, -0.2) is 4.79 Å². The Morgan fingerprint density at radius 1 is 0.958 bits per heavy atom. The molecule has 0 fully saturated rings. The van der Waals surface area contributed by atoms with Crippen molar-refractivity contribution in [3.8, 4) is 0 Å². The zero-order valence-electron chi connectivity index (χ0n) is 13.5. The molecule has 0 aliphatic carbocycles. The second-order valence-electron chi connectivity index (χ2n) is 5.11. The molecule has 0 aromatic heterocycles. The summed E-state index contributed by atoms with van der Waals surface area (Å²) in [7, 11) is 1.30. The third-order valence-corrected chi connectivity index (χ3v) is 3.31. The van der Waals surface area contributed by atoms with E-state index in [0.29, 0.717) is 16.8 Å². The van der Waals surface area contributed by atoms with Crippen LogP contribution in [0.25, 0.3) is 0 Å². The van der Waals surface area contributed by atoms with E-state index in [1.165, 1.54) is 14.0 Å². The van der Waals surface area contributed by atoms with Crippen molar-refractivity contribution in [2.45, 2.75) is 6.92 Å². The minimum absolute atomic E-state index is 0.00946. The maximum absolute atomic E-state index is 12.0. The van der Waals surface area contributed by atoms with E-state index < -0.39 is 5.97 Å². The predicted molar refractivity (Wildman–Crippen MR) is 91.3 cm³/mol. The Morgan fingerprint density at radius 2 is 1.67 bits per heavy atom. The highest BCUT2D eigenvalue weighted by molar-refractivity contribution is 5.96. The molecule has 2 N–H and O–H groups in total. The SMILES string of the molecule is COC(=O)c1cccc(NC(=O)CNc2ccc(C(C)=O)cc2)c1. The van der Waals surface area contributed by atoms with Crippen molar-refractivity contribution in [2.24, 2.45) is 0 Å². The minimum Gasteiger partial charge on any atom is -0.465 e. The number of rotatable bonds is 6. The van der Waals surface area contributed by atoms with Crippen molar-refractivity contribution >= 4 is 29.0 Å². The molecule has 0 saturated carbocycles. The first-order valence-corrected chi connectivity index (χ1v) is 7.32. The second-order valence-corrected chi connectivity index (χ2v) is 5.11. The predicted octanol–water partition coefficient (Wildman–Crippen LogP) is 2.73. The Hall–Kier alpha value is -3.15. The summed E-state index contributed by atoms with van der Waals surface area (Å²) in [5.41, 5.74) is 2.22. The first-order chi connectivity index (χ1) is 11.5. The number of hydrogen-bond donors (Lipinski definition) is 2. The van der Waals surface area contributed by atoms with Crippen LogP contribution in [-0.4, -0.2) is 31.3 Å². The van der Waals surface area contributed by atoms with Gasteiger partial charge in [0.15, 0.2) is 5.78 Å². The molecule has 6 heteroatoms. The third-order valence-electron chi connectivity index (χ3n) is 3.31. The highest BCUT2D eigenvalue weighted by Crippen LogP contribution is 2.12. The fourth-order valence-electron chi connectivity index (χ4n) is 2.05. The Balaban J connectivity index is 1.91. The maximum atomic E-state index is 12.0. The third kappa shape index (κ3) is 4.67. The normalized spacial score (nSPS) is 9.92. The first kappa shape index (κ1) is 17.2. The monoisotopic (exact) mass is 326 g/mol. The number of benzene rings is 2. The number of anilines is 2. The second kappa shape index (κ2) is 7.92. The number of Topliss-reactive ketones (excluding diaryl/α,β-unsaturated/α-hetero) is 1. The van der Waals surface area contributed by atoms with E-state index in [-0.39, 0.29) is 18.2 Å². The van der Waals surface area contributed by atoms with Crippen molar-refractivity contribution in [1.29, 1.82) is 0 Å². The van der Waals surface area contributed by atoms with Gasteiger partial charge in [-0.05, 0) is 49.4 Å². The Morgan fingerprint density at radius 3 is 2.29 bits per heavy atom. The summed E-state index contributed by atoms with van der Waals surface area (Å²) >= 11 is 0. The zero-order valence-corrected chi connectivity index (χ0v) is 13.5. The van der Waals surface area contributed by atoms with Gasteiger partial charge in [0.1, 0.15) is 0 Å². The Kier molecular flexibility index (Phi) is 5.68. The smallest absolute Gasteiger partial charge is 0.337 e. The molecule has 0 saturated heterocycles. The number of methoxy groups -OCH3 is 1. The number of ketones is 1. The summed E-state index contributed by atoms with van der Waals surface area (Å²) in [5.74, 6) is -0.729. The molecule has 0 spiro atoms. The fraction of sp³-hybridized carbons (Fsp3) is 0.167. The van der Waals surface area contributed by atoms with Crippen LogP contribution in [-0.2, 0) is 9.53 Å². The van der Waals surface area contributed by atoms with Gasteiger partial charge in [0.2, 0.25) is 5.91 Å². The summed E-state index contributed by atoms with van der Waals surface area (Å²) < 4.78 is 4.64. The number of carbonyl (C=O) groups is 3. The molecule has 1 amide bonds. The molecule has 0 aliphatic rings. The van der Waals surface area contributed by atoms with Gasteiger partial charge in [0.25, 0.3) is 0 Å². The molecule has 0 unspecified atom stereocenters. The van der Waals surface area contributed by atoms with E-state index in [1.807, 2.05) is 0 Å². The lowest BCUT2D eigenvalue weighted by Crippen LogP contribution is -2.21. The van der Waals surface area contributed by atoms with Gasteiger partial charge in [0, 0.05) is 16.9 Å². The van der Waals surface area contributed by atoms with Crippen molar-refractivity contribution in [3.05, 3.63) is 59.7 Å². The van der Waals surface area contributed by atoms with Crippen molar-refractivity contribution in [2.75, 3.05) is 24.3 Å². The summed E-state index contributed by atoms with van der Waals surface area (Å²) in [4.78, 5) is 34.6. The maximum Gasteiger partial charge on any atom is 0.337 e. The van der Waals surface area contributed by atoms with E-state index in [1.54, 1.807) is 48.5 Å². The molecule has 2 aromatic carbocycles. The van der Waals surface area contributed by atoms with Crippen LogP contribution in [0.15, 0.2) is 48.5 Å². The molecule has 124 valence electrons. The number of ether oxygens (including phenoxy) is 1. The van der Waals surface area contributed by atoms with Crippen LogP contribution in [0.2, 0.25) is 0 Å². The molecule has 2 rings (SSSR count). The lowest BCUT2D eigenvalue weighted by Gasteiger charge is -2.09. The first-order valence-electron chi connectivity index (χ1n) is 7.32. The molecule has 2 aromatic rings. The lowest BCUT2D eigenvalue weighted by molar-refractivity contribution is -0.114. The largest absolute Gasteiger partial charge is 0.465 e. The topological polar surface area (TPSA) is 84.5 Å². The average molecular weight is 326 g/mol. The van der Waals surface area contributed by atoms with Crippen LogP contribution in [0, 0.1) is 0 Å². The molecule has 0 radical (unpaired) electrons. The van der Waals surface area contributed by atoms with Crippen LogP contribution in [0.4, 0.5) is 11.4 Å². The van der Waals surface area contributed by atoms with Crippen LogP contribution < -0.4 is 10.6 Å². The number of esters is 1. The van der Waals surface area contributed by atoms with E-state index in [9.17, 15) is 14.4 Å². The van der Waals surface area contributed by atoms with E-state index in [4.69, 9.17) is 0 Å². The number of nitrogens with one attached hydrogen (secondary N) is 2. The van der Waals surface area contributed by atoms with Crippen molar-refractivity contribution in [3.63, 3.8) is 0 Å². The molecule has 0 atom stereocenters. The highest BCUT2D eigenvalue weighted by atomic mass is 16.5.